The van der Waals surface area contributed by atoms with Gasteiger partial charge in [0.1, 0.15) is 5.69 Å². The molecule has 8 heteroatoms. The quantitative estimate of drug-likeness (QED) is 0.814. The molecule has 3 aliphatic heterocycles. The van der Waals surface area contributed by atoms with Crippen molar-refractivity contribution in [2.75, 3.05) is 32.8 Å². The lowest BCUT2D eigenvalue weighted by atomic mass is 9.73. The maximum Gasteiger partial charge on any atom is 0.271 e. The van der Waals surface area contributed by atoms with Gasteiger partial charge in [0.25, 0.3) is 5.91 Å². The van der Waals surface area contributed by atoms with Crippen LogP contribution in [0.4, 0.5) is 0 Å². The summed E-state index contributed by atoms with van der Waals surface area (Å²) in [7, 11) is 0. The van der Waals surface area contributed by atoms with Crippen molar-refractivity contribution in [2.24, 2.45) is 11.8 Å². The lowest BCUT2D eigenvalue weighted by molar-refractivity contribution is 0.00173. The molecule has 4 atom stereocenters. The van der Waals surface area contributed by atoms with Gasteiger partial charge in [-0.3, -0.25) is 14.1 Å². The summed E-state index contributed by atoms with van der Waals surface area (Å²) in [6.45, 7) is 3.39. The first-order valence-electron chi connectivity index (χ1n) is 8.90. The van der Waals surface area contributed by atoms with Crippen LogP contribution in [0.1, 0.15) is 23.3 Å². The second kappa shape index (κ2) is 5.77. The molecule has 7 nitrogen and oxygen atoms in total. The first kappa shape index (κ1) is 15.7. The number of ether oxygens (including phenoxy) is 1. The van der Waals surface area contributed by atoms with E-state index in [4.69, 9.17) is 4.74 Å². The number of likely N-dealkylation sites (tertiary alicyclic amines) is 1. The molecule has 2 aromatic rings. The number of amides is 1. The minimum absolute atomic E-state index is 0.0494. The zero-order valence-electron chi connectivity index (χ0n) is 13.9. The highest BCUT2D eigenvalue weighted by atomic mass is 32.1. The number of hydrogen-bond acceptors (Lipinski definition) is 6. The Morgan fingerprint density at radius 1 is 1.56 bits per heavy atom. The minimum atomic E-state index is -0.113. The summed E-state index contributed by atoms with van der Waals surface area (Å²) in [5.41, 5.74) is 0.422. The molecule has 134 valence electrons. The molecule has 1 amide bonds. The number of aromatic nitrogens is 2. The van der Waals surface area contributed by atoms with Crippen LogP contribution in [0, 0.1) is 11.8 Å². The van der Waals surface area contributed by atoms with Gasteiger partial charge in [0.15, 0.2) is 4.96 Å². The zero-order valence-corrected chi connectivity index (χ0v) is 14.7. The van der Waals surface area contributed by atoms with Crippen molar-refractivity contribution in [3.05, 3.63) is 23.5 Å². The Bertz CT molecular complexity index is 776. The predicted molar refractivity (Wildman–Crippen MR) is 92.7 cm³/mol. The monoisotopic (exact) mass is 362 g/mol. The van der Waals surface area contributed by atoms with Gasteiger partial charge in [-0.25, -0.2) is 4.98 Å². The third-order valence-corrected chi connectivity index (χ3v) is 6.87. The molecule has 25 heavy (non-hydrogen) atoms. The summed E-state index contributed by atoms with van der Waals surface area (Å²) in [6.07, 6.45) is 6.12. The van der Waals surface area contributed by atoms with Crippen LogP contribution in [0.5, 0.6) is 0 Å². The summed E-state index contributed by atoms with van der Waals surface area (Å²) >= 11 is 1.52. The van der Waals surface area contributed by atoms with Crippen LogP contribution in [0.25, 0.3) is 4.96 Å². The number of β-amino-alcohol motifs (C(OH)–C–C–N with tert-alkyl or cyclic N) is 1. The van der Waals surface area contributed by atoms with E-state index in [2.05, 4.69) is 15.2 Å². The fraction of sp³-hybridized carbons (Fsp3) is 0.647. The van der Waals surface area contributed by atoms with Crippen molar-refractivity contribution in [1.82, 2.24) is 19.6 Å². The Hall–Kier alpha value is -1.48. The van der Waals surface area contributed by atoms with Gasteiger partial charge >= 0.3 is 0 Å². The number of thiazole rings is 1. The third-order valence-electron chi connectivity index (χ3n) is 6.09. The molecule has 0 aliphatic carbocycles. The first-order chi connectivity index (χ1) is 12.2. The summed E-state index contributed by atoms with van der Waals surface area (Å²) in [5.74, 6) is 0.687. The van der Waals surface area contributed by atoms with E-state index in [1.54, 1.807) is 6.20 Å². The molecule has 3 saturated heterocycles. The molecule has 3 aliphatic rings. The minimum Gasteiger partial charge on any atom is -0.395 e. The van der Waals surface area contributed by atoms with Crippen molar-refractivity contribution in [2.45, 2.75) is 24.5 Å². The molecule has 2 bridgehead atoms. The van der Waals surface area contributed by atoms with E-state index in [0.29, 0.717) is 30.6 Å². The van der Waals surface area contributed by atoms with Gasteiger partial charge in [-0.15, -0.1) is 11.3 Å². The number of carbonyl (C=O) groups is 1. The summed E-state index contributed by atoms with van der Waals surface area (Å²) < 4.78 is 8.23. The highest BCUT2D eigenvalue weighted by Gasteiger charge is 2.62. The smallest absolute Gasteiger partial charge is 0.271 e. The number of nitrogens with zero attached hydrogens (tertiary/aromatic N) is 3. The number of rotatable bonds is 5. The van der Waals surface area contributed by atoms with Crippen LogP contribution in [0.15, 0.2) is 17.8 Å². The van der Waals surface area contributed by atoms with E-state index in [1.807, 2.05) is 16.0 Å². The Labute approximate surface area is 149 Å². The van der Waals surface area contributed by atoms with Crippen LogP contribution < -0.4 is 5.32 Å². The van der Waals surface area contributed by atoms with Crippen molar-refractivity contribution < 1.29 is 14.6 Å². The number of imidazole rings is 1. The molecule has 5 rings (SSSR count). The lowest BCUT2D eigenvalue weighted by Gasteiger charge is -2.29. The van der Waals surface area contributed by atoms with Gasteiger partial charge in [-0.1, -0.05) is 0 Å². The SMILES string of the molecule is O=C(NC[C@H]1[C@H]2CN(CCO)C[C@]23CC[C@H]1O3)c1cn2ccsc2n1. The zero-order chi connectivity index (χ0) is 17.0. The van der Waals surface area contributed by atoms with Crippen molar-refractivity contribution in [3.63, 3.8) is 0 Å². The lowest BCUT2D eigenvalue weighted by Crippen LogP contribution is -2.42. The number of carbonyl (C=O) groups excluding carboxylic acids is 1. The molecule has 1 spiro atoms. The highest BCUT2D eigenvalue weighted by molar-refractivity contribution is 7.15. The summed E-state index contributed by atoms with van der Waals surface area (Å²) in [6, 6.07) is 0. The largest absolute Gasteiger partial charge is 0.395 e. The Morgan fingerprint density at radius 3 is 3.32 bits per heavy atom. The van der Waals surface area contributed by atoms with E-state index >= 15 is 0 Å². The molecule has 2 aromatic heterocycles. The molecular weight excluding hydrogens is 340 g/mol. The fourth-order valence-corrected chi connectivity index (χ4v) is 5.71. The van der Waals surface area contributed by atoms with Crippen molar-refractivity contribution in [3.8, 4) is 0 Å². The molecule has 2 N–H and O–H groups in total. The van der Waals surface area contributed by atoms with Gasteiger partial charge in [0.05, 0.1) is 18.3 Å². The summed E-state index contributed by atoms with van der Waals surface area (Å²) in [4.78, 5) is 20.0. The molecular formula is C17H22N4O3S. The van der Waals surface area contributed by atoms with E-state index in [9.17, 15) is 9.90 Å². The Kier molecular flexibility index (Phi) is 3.63. The maximum absolute atomic E-state index is 12.5. The molecule has 0 aromatic carbocycles. The molecule has 5 heterocycles. The Morgan fingerprint density at radius 2 is 2.48 bits per heavy atom. The Balaban J connectivity index is 1.26. The first-order valence-corrected chi connectivity index (χ1v) is 9.78. The van der Waals surface area contributed by atoms with Crippen LogP contribution >= 0.6 is 11.3 Å². The van der Waals surface area contributed by atoms with Gasteiger partial charge in [0, 0.05) is 55.8 Å². The van der Waals surface area contributed by atoms with E-state index in [1.165, 1.54) is 11.3 Å². The number of aliphatic hydroxyl groups excluding tert-OH is 1. The number of hydrogen-bond donors (Lipinski definition) is 2. The number of aliphatic hydroxyl groups is 1. The van der Waals surface area contributed by atoms with E-state index in [-0.39, 0.29) is 24.2 Å². The number of nitrogens with one attached hydrogen (secondary N) is 1. The standard InChI is InChI=1S/C17H22N4O3S/c22-5-3-20-8-12-11(14-1-2-17(12,10-20)24-14)7-18-15(23)13-9-21-4-6-25-16(21)19-13/h4,6,9,11-12,14,22H,1-3,5,7-8,10H2,(H,18,23)/t11-,12+,14+,17+/m0/s1. The average molecular weight is 362 g/mol. The van der Waals surface area contributed by atoms with Gasteiger partial charge in [-0.05, 0) is 12.8 Å². The van der Waals surface area contributed by atoms with Crippen LogP contribution in [0.2, 0.25) is 0 Å². The number of fused-ring (bicyclic) bond motifs is 2. The van der Waals surface area contributed by atoms with Gasteiger partial charge in [-0.2, -0.15) is 0 Å². The molecule has 3 fully saturated rings. The van der Waals surface area contributed by atoms with Crippen LogP contribution in [-0.2, 0) is 4.74 Å². The van der Waals surface area contributed by atoms with Crippen molar-refractivity contribution in [1.29, 1.82) is 0 Å². The fourth-order valence-electron chi connectivity index (χ4n) is 5.01. The van der Waals surface area contributed by atoms with Crippen LogP contribution in [-0.4, -0.2) is 69.8 Å². The topological polar surface area (TPSA) is 79.1 Å². The van der Waals surface area contributed by atoms with E-state index < -0.39 is 0 Å². The average Bonchev–Trinajstić information content (AvgIpc) is 3.34. The van der Waals surface area contributed by atoms with Gasteiger partial charge in [0.2, 0.25) is 0 Å². The molecule has 0 radical (unpaired) electrons. The second-order valence-electron chi connectivity index (χ2n) is 7.42. The van der Waals surface area contributed by atoms with Gasteiger partial charge < -0.3 is 15.2 Å². The normalized spacial score (nSPS) is 34.0. The third kappa shape index (κ3) is 2.43. The predicted octanol–water partition coefficient (Wildman–Crippen LogP) is 0.597. The second-order valence-corrected chi connectivity index (χ2v) is 8.29. The molecule has 0 saturated carbocycles. The van der Waals surface area contributed by atoms with E-state index in [0.717, 1.165) is 30.9 Å². The molecule has 0 unspecified atom stereocenters. The highest BCUT2D eigenvalue weighted by Crippen LogP contribution is 2.54. The summed E-state index contributed by atoms with van der Waals surface area (Å²) in [5, 5.41) is 14.2. The van der Waals surface area contributed by atoms with Crippen molar-refractivity contribution >= 4 is 22.2 Å². The maximum atomic E-state index is 12.5. The van der Waals surface area contributed by atoms with Crippen LogP contribution in [0.3, 0.4) is 0 Å².